The van der Waals surface area contributed by atoms with E-state index in [1.165, 1.54) is 5.56 Å². The largest absolute Gasteiger partial charge is 0.496 e. The topological polar surface area (TPSA) is 38.3 Å². The number of hydrogen-bond acceptors (Lipinski definition) is 2. The molecule has 2 rings (SSSR count). The summed E-state index contributed by atoms with van der Waals surface area (Å²) in [6.07, 6.45) is 0.752. The maximum Gasteiger partial charge on any atom is 0.251 e. The third-order valence-electron chi connectivity index (χ3n) is 3.43. The molecule has 0 aromatic heterocycles. The molecule has 21 heavy (non-hydrogen) atoms. The fourth-order valence-corrected chi connectivity index (χ4v) is 2.22. The van der Waals surface area contributed by atoms with Gasteiger partial charge in [0.25, 0.3) is 5.91 Å². The van der Waals surface area contributed by atoms with E-state index in [2.05, 4.69) is 11.4 Å². The van der Waals surface area contributed by atoms with Crippen molar-refractivity contribution in [3.8, 4) is 5.75 Å². The SMILES string of the molecule is COc1ccc(C)cc1CCNC(=O)c1ccc(C)cc1. The minimum absolute atomic E-state index is 0.0402. The Morgan fingerprint density at radius 1 is 1.05 bits per heavy atom. The Hall–Kier alpha value is -2.29. The summed E-state index contributed by atoms with van der Waals surface area (Å²) in [5, 5.41) is 2.94. The zero-order chi connectivity index (χ0) is 15.2. The van der Waals surface area contributed by atoms with Crippen LogP contribution >= 0.6 is 0 Å². The first-order chi connectivity index (χ1) is 10.1. The van der Waals surface area contributed by atoms with E-state index in [0.717, 1.165) is 23.3 Å². The second-order valence-corrected chi connectivity index (χ2v) is 5.19. The van der Waals surface area contributed by atoms with Crippen molar-refractivity contribution in [3.05, 3.63) is 64.7 Å². The van der Waals surface area contributed by atoms with Gasteiger partial charge in [0.1, 0.15) is 5.75 Å². The smallest absolute Gasteiger partial charge is 0.251 e. The lowest BCUT2D eigenvalue weighted by Gasteiger charge is -2.10. The van der Waals surface area contributed by atoms with Crippen molar-refractivity contribution in [1.82, 2.24) is 5.32 Å². The van der Waals surface area contributed by atoms with Crippen LogP contribution in [0.2, 0.25) is 0 Å². The molecule has 0 spiro atoms. The van der Waals surface area contributed by atoms with Crippen LogP contribution in [0.1, 0.15) is 27.0 Å². The van der Waals surface area contributed by atoms with E-state index in [-0.39, 0.29) is 5.91 Å². The average Bonchev–Trinajstić information content (AvgIpc) is 2.48. The third-order valence-corrected chi connectivity index (χ3v) is 3.43. The number of nitrogens with one attached hydrogen (secondary N) is 1. The molecule has 0 fully saturated rings. The normalized spacial score (nSPS) is 10.2. The summed E-state index contributed by atoms with van der Waals surface area (Å²) in [5.74, 6) is 0.826. The molecule has 3 heteroatoms. The van der Waals surface area contributed by atoms with Crippen LogP contribution in [0.4, 0.5) is 0 Å². The molecule has 0 aliphatic carbocycles. The standard InChI is InChI=1S/C18H21NO2/c1-13-4-7-15(8-5-13)18(20)19-11-10-16-12-14(2)6-9-17(16)21-3/h4-9,12H,10-11H2,1-3H3,(H,19,20). The van der Waals surface area contributed by atoms with Crippen molar-refractivity contribution in [1.29, 1.82) is 0 Å². The second-order valence-electron chi connectivity index (χ2n) is 5.19. The Balaban J connectivity index is 1.93. The Morgan fingerprint density at radius 2 is 1.71 bits per heavy atom. The van der Waals surface area contributed by atoms with Gasteiger partial charge in [0.15, 0.2) is 0 Å². The summed E-state index contributed by atoms with van der Waals surface area (Å²) >= 11 is 0. The summed E-state index contributed by atoms with van der Waals surface area (Å²) in [6.45, 7) is 4.64. The first kappa shape index (κ1) is 15.1. The summed E-state index contributed by atoms with van der Waals surface area (Å²) in [5.41, 5.74) is 4.14. The van der Waals surface area contributed by atoms with Crippen LogP contribution in [-0.2, 0) is 6.42 Å². The lowest BCUT2D eigenvalue weighted by molar-refractivity contribution is 0.0954. The fourth-order valence-electron chi connectivity index (χ4n) is 2.22. The molecule has 0 saturated carbocycles. The number of carbonyl (C=O) groups is 1. The van der Waals surface area contributed by atoms with E-state index < -0.39 is 0 Å². The minimum Gasteiger partial charge on any atom is -0.496 e. The van der Waals surface area contributed by atoms with Crippen LogP contribution in [-0.4, -0.2) is 19.6 Å². The van der Waals surface area contributed by atoms with Crippen molar-refractivity contribution >= 4 is 5.91 Å². The highest BCUT2D eigenvalue weighted by Gasteiger charge is 2.06. The van der Waals surface area contributed by atoms with Crippen molar-refractivity contribution in [2.45, 2.75) is 20.3 Å². The highest BCUT2D eigenvalue weighted by molar-refractivity contribution is 5.94. The van der Waals surface area contributed by atoms with Gasteiger partial charge in [-0.15, -0.1) is 0 Å². The van der Waals surface area contributed by atoms with Gasteiger partial charge in [-0.3, -0.25) is 4.79 Å². The fraction of sp³-hybridized carbons (Fsp3) is 0.278. The van der Waals surface area contributed by atoms with Crippen LogP contribution in [0, 0.1) is 13.8 Å². The average molecular weight is 283 g/mol. The third kappa shape index (κ3) is 4.09. The first-order valence-corrected chi connectivity index (χ1v) is 7.08. The van der Waals surface area contributed by atoms with Gasteiger partial charge in [-0.25, -0.2) is 0 Å². The number of methoxy groups -OCH3 is 1. The van der Waals surface area contributed by atoms with Gasteiger partial charge in [0.05, 0.1) is 7.11 Å². The number of benzene rings is 2. The molecule has 0 radical (unpaired) electrons. The summed E-state index contributed by atoms with van der Waals surface area (Å²) in [4.78, 5) is 12.0. The lowest BCUT2D eigenvalue weighted by atomic mass is 10.1. The molecule has 2 aromatic carbocycles. The lowest BCUT2D eigenvalue weighted by Crippen LogP contribution is -2.25. The molecule has 110 valence electrons. The molecule has 1 N–H and O–H groups in total. The summed E-state index contributed by atoms with van der Waals surface area (Å²) in [6, 6.07) is 13.7. The maximum absolute atomic E-state index is 12.0. The van der Waals surface area contributed by atoms with Gasteiger partial charge in [-0.1, -0.05) is 35.4 Å². The van der Waals surface area contributed by atoms with Crippen molar-refractivity contribution in [2.75, 3.05) is 13.7 Å². The highest BCUT2D eigenvalue weighted by atomic mass is 16.5. The molecule has 0 atom stereocenters. The Bertz CT molecular complexity index is 618. The molecule has 0 aliphatic rings. The highest BCUT2D eigenvalue weighted by Crippen LogP contribution is 2.19. The molecular weight excluding hydrogens is 262 g/mol. The molecule has 0 heterocycles. The van der Waals surface area contributed by atoms with Crippen molar-refractivity contribution in [3.63, 3.8) is 0 Å². The molecule has 0 bridgehead atoms. The van der Waals surface area contributed by atoms with E-state index in [9.17, 15) is 4.79 Å². The summed E-state index contributed by atoms with van der Waals surface area (Å²) < 4.78 is 5.34. The number of hydrogen-bond donors (Lipinski definition) is 1. The molecule has 1 amide bonds. The van der Waals surface area contributed by atoms with Gasteiger partial charge >= 0.3 is 0 Å². The number of carbonyl (C=O) groups excluding carboxylic acids is 1. The molecular formula is C18H21NO2. The number of rotatable bonds is 5. The molecule has 0 unspecified atom stereocenters. The van der Waals surface area contributed by atoms with E-state index in [4.69, 9.17) is 4.74 Å². The van der Waals surface area contributed by atoms with Gasteiger partial charge in [0.2, 0.25) is 0 Å². The molecule has 2 aromatic rings. The van der Waals surface area contributed by atoms with Crippen LogP contribution in [0.15, 0.2) is 42.5 Å². The van der Waals surface area contributed by atoms with Crippen LogP contribution in [0.5, 0.6) is 5.75 Å². The molecule has 3 nitrogen and oxygen atoms in total. The second kappa shape index (κ2) is 6.93. The van der Waals surface area contributed by atoms with E-state index >= 15 is 0 Å². The maximum atomic E-state index is 12.0. The van der Waals surface area contributed by atoms with Gasteiger partial charge in [0, 0.05) is 12.1 Å². The predicted octanol–water partition coefficient (Wildman–Crippen LogP) is 3.28. The number of aryl methyl sites for hydroxylation is 2. The minimum atomic E-state index is -0.0402. The van der Waals surface area contributed by atoms with Crippen molar-refractivity contribution < 1.29 is 9.53 Å². The molecule has 0 aliphatic heterocycles. The Labute approximate surface area is 126 Å². The quantitative estimate of drug-likeness (QED) is 0.914. The van der Waals surface area contributed by atoms with Crippen LogP contribution in [0.3, 0.4) is 0 Å². The van der Waals surface area contributed by atoms with Crippen molar-refractivity contribution in [2.24, 2.45) is 0 Å². The van der Waals surface area contributed by atoms with E-state index in [0.29, 0.717) is 12.1 Å². The zero-order valence-corrected chi connectivity index (χ0v) is 12.8. The van der Waals surface area contributed by atoms with Gasteiger partial charge in [-0.05, 0) is 44.0 Å². The van der Waals surface area contributed by atoms with Crippen LogP contribution < -0.4 is 10.1 Å². The molecule has 0 saturated heterocycles. The van der Waals surface area contributed by atoms with E-state index in [1.807, 2.05) is 50.2 Å². The zero-order valence-electron chi connectivity index (χ0n) is 12.8. The Morgan fingerprint density at radius 3 is 2.38 bits per heavy atom. The van der Waals surface area contributed by atoms with E-state index in [1.54, 1.807) is 7.11 Å². The first-order valence-electron chi connectivity index (χ1n) is 7.08. The van der Waals surface area contributed by atoms with Gasteiger partial charge < -0.3 is 10.1 Å². The van der Waals surface area contributed by atoms with Crippen LogP contribution in [0.25, 0.3) is 0 Å². The summed E-state index contributed by atoms with van der Waals surface area (Å²) in [7, 11) is 1.67. The van der Waals surface area contributed by atoms with Gasteiger partial charge in [-0.2, -0.15) is 0 Å². The number of ether oxygens (including phenoxy) is 1. The predicted molar refractivity (Wildman–Crippen MR) is 84.9 cm³/mol. The number of amides is 1. The Kier molecular flexibility index (Phi) is 4.99. The monoisotopic (exact) mass is 283 g/mol.